The molecule has 0 bridgehead atoms. The molecule has 1 N–H and O–H groups in total. The Morgan fingerprint density at radius 2 is 1.81 bits per heavy atom. The minimum Gasteiger partial charge on any atom is -0.329 e. The Balaban J connectivity index is 1.86. The van der Waals surface area contributed by atoms with Crippen LogP contribution in [0.3, 0.4) is 0 Å². The monoisotopic (exact) mass is 376 g/mol. The van der Waals surface area contributed by atoms with E-state index in [2.05, 4.69) is 10.3 Å². The van der Waals surface area contributed by atoms with Gasteiger partial charge in [-0.3, -0.25) is 9.79 Å². The van der Waals surface area contributed by atoms with Gasteiger partial charge in [-0.1, -0.05) is 31.2 Å². The Kier molecular flexibility index (Phi) is 4.20. The van der Waals surface area contributed by atoms with Crippen LogP contribution in [-0.4, -0.2) is 24.3 Å². The predicted molar refractivity (Wildman–Crippen MR) is 97.5 cm³/mol. The molecule has 1 aromatic rings. The Morgan fingerprint density at radius 1 is 1.15 bits per heavy atom. The van der Waals surface area contributed by atoms with Crippen LogP contribution in [-0.2, 0) is 4.79 Å². The first-order valence-electron chi connectivity index (χ1n) is 9.47. The van der Waals surface area contributed by atoms with Gasteiger partial charge in [-0.2, -0.15) is 13.2 Å². The van der Waals surface area contributed by atoms with Gasteiger partial charge in [0.1, 0.15) is 5.41 Å². The van der Waals surface area contributed by atoms with Crippen LogP contribution < -0.4 is 5.32 Å². The van der Waals surface area contributed by atoms with Crippen molar-refractivity contribution in [3.63, 3.8) is 0 Å². The van der Waals surface area contributed by atoms with Crippen LogP contribution in [0.1, 0.15) is 56.6 Å². The summed E-state index contributed by atoms with van der Waals surface area (Å²) in [6.45, 7) is 3.43. The van der Waals surface area contributed by atoms with Gasteiger partial charge in [0, 0.05) is 29.8 Å². The fourth-order valence-corrected chi connectivity index (χ4v) is 4.12. The Hall–Kier alpha value is -2.11. The van der Waals surface area contributed by atoms with E-state index in [1.54, 1.807) is 0 Å². The molecule has 2 unspecified atom stereocenters. The maximum atomic E-state index is 14.1. The average molecular weight is 376 g/mol. The van der Waals surface area contributed by atoms with Gasteiger partial charge < -0.3 is 5.32 Å². The second-order valence-electron chi connectivity index (χ2n) is 8.16. The lowest BCUT2D eigenvalue weighted by Gasteiger charge is -2.40. The zero-order valence-corrected chi connectivity index (χ0v) is 15.5. The van der Waals surface area contributed by atoms with Gasteiger partial charge in [0.25, 0.3) is 0 Å². The van der Waals surface area contributed by atoms with Gasteiger partial charge in [-0.15, -0.1) is 0 Å². The van der Waals surface area contributed by atoms with Gasteiger partial charge in [-0.25, -0.2) is 0 Å². The van der Waals surface area contributed by atoms with Crippen LogP contribution >= 0.6 is 0 Å². The third-order valence-electron chi connectivity index (χ3n) is 6.03. The van der Waals surface area contributed by atoms with Gasteiger partial charge in [-0.05, 0) is 43.6 Å². The van der Waals surface area contributed by atoms with Crippen LogP contribution in [0.25, 0.3) is 0 Å². The first kappa shape index (κ1) is 18.3. The fraction of sp³-hybridized carbons (Fsp3) is 0.524. The minimum atomic E-state index is -4.54. The number of rotatable bonds is 2. The predicted octanol–water partition coefficient (Wildman–Crippen LogP) is 4.74. The van der Waals surface area contributed by atoms with Crippen LogP contribution in [0, 0.1) is 11.3 Å². The van der Waals surface area contributed by atoms with E-state index in [-0.39, 0.29) is 11.5 Å². The first-order valence-corrected chi connectivity index (χ1v) is 9.47. The summed E-state index contributed by atoms with van der Waals surface area (Å²) in [5.41, 5.74) is 0.569. The molecule has 1 aromatic carbocycles. The summed E-state index contributed by atoms with van der Waals surface area (Å²) < 4.78 is 42.4. The smallest absolute Gasteiger partial charge is 0.329 e. The number of aliphatic imine (C=N–C) groups is 1. The molecule has 0 radical (unpaired) electrons. The lowest BCUT2D eigenvalue weighted by atomic mass is 9.70. The molecule has 2 aliphatic heterocycles. The quantitative estimate of drug-likeness (QED) is 0.796. The van der Waals surface area contributed by atoms with E-state index in [9.17, 15) is 18.0 Å². The number of hydrogen-bond acceptors (Lipinski definition) is 2. The molecule has 0 saturated heterocycles. The SMILES string of the molecule is CC1CCN=C(c2ccc(C3CC3)cc2)C2=C1NC(=O)CC2(C)C(F)(F)F. The third kappa shape index (κ3) is 3.09. The van der Waals surface area contributed by atoms with Crippen LogP contribution in [0.15, 0.2) is 40.5 Å². The lowest BCUT2D eigenvalue weighted by Crippen LogP contribution is -2.49. The first-order chi connectivity index (χ1) is 12.7. The number of hydrogen-bond donors (Lipinski definition) is 1. The molecule has 144 valence electrons. The molecule has 1 fully saturated rings. The highest BCUT2D eigenvalue weighted by atomic mass is 19.4. The van der Waals surface area contributed by atoms with E-state index in [0.717, 1.165) is 6.92 Å². The number of nitrogens with zero attached hydrogens (tertiary/aromatic N) is 1. The zero-order valence-electron chi connectivity index (χ0n) is 15.5. The molecule has 4 rings (SSSR count). The Morgan fingerprint density at radius 3 is 2.41 bits per heavy atom. The van der Waals surface area contributed by atoms with Crippen molar-refractivity contribution in [2.75, 3.05) is 6.54 Å². The van der Waals surface area contributed by atoms with E-state index < -0.39 is 23.9 Å². The molecule has 1 amide bonds. The number of carbonyl (C=O) groups is 1. The number of halogens is 3. The average Bonchev–Trinajstić information content (AvgIpc) is 3.43. The molecule has 0 aromatic heterocycles. The number of alkyl halides is 3. The van der Waals surface area contributed by atoms with E-state index in [4.69, 9.17) is 0 Å². The van der Waals surface area contributed by atoms with Crippen LogP contribution in [0.5, 0.6) is 0 Å². The van der Waals surface area contributed by atoms with Crippen molar-refractivity contribution in [1.29, 1.82) is 0 Å². The van der Waals surface area contributed by atoms with Crippen LogP contribution in [0.4, 0.5) is 13.2 Å². The van der Waals surface area contributed by atoms with Gasteiger partial charge >= 0.3 is 6.18 Å². The van der Waals surface area contributed by atoms with E-state index in [0.29, 0.717) is 35.9 Å². The normalized spacial score (nSPS) is 29.0. The molecule has 3 nitrogen and oxygen atoms in total. The van der Waals surface area contributed by atoms with Crippen molar-refractivity contribution < 1.29 is 18.0 Å². The van der Waals surface area contributed by atoms with Crippen molar-refractivity contribution >= 4 is 11.6 Å². The highest BCUT2D eigenvalue weighted by Crippen LogP contribution is 2.51. The maximum Gasteiger partial charge on any atom is 0.398 e. The highest BCUT2D eigenvalue weighted by Gasteiger charge is 2.58. The largest absolute Gasteiger partial charge is 0.398 e. The highest BCUT2D eigenvalue weighted by molar-refractivity contribution is 6.15. The standard InChI is InChI=1S/C21H23F3N2O/c1-12-9-10-25-19(15-7-5-14(6-8-15)13-3-4-13)17-18(12)26-16(27)11-20(17,2)21(22,23)24/h5-8,12-13H,3-4,9-11H2,1-2H3,(H,26,27). The maximum absolute atomic E-state index is 14.1. The summed E-state index contributed by atoms with van der Waals surface area (Å²) in [6.07, 6.45) is -2.20. The van der Waals surface area contributed by atoms with E-state index in [1.807, 2.05) is 31.2 Å². The molecular formula is C21H23F3N2O. The minimum absolute atomic E-state index is 0.138. The van der Waals surface area contributed by atoms with Crippen LogP contribution in [0.2, 0.25) is 0 Å². The Labute approximate surface area is 156 Å². The molecular weight excluding hydrogens is 353 g/mol. The number of amides is 1. The molecule has 1 saturated carbocycles. The van der Waals surface area contributed by atoms with E-state index >= 15 is 0 Å². The molecule has 6 heteroatoms. The van der Waals surface area contributed by atoms with Crippen molar-refractivity contribution in [2.24, 2.45) is 16.3 Å². The molecule has 1 aliphatic carbocycles. The van der Waals surface area contributed by atoms with Crippen molar-refractivity contribution in [1.82, 2.24) is 5.32 Å². The number of carbonyl (C=O) groups excluding carboxylic acids is 1. The summed E-state index contributed by atoms with van der Waals surface area (Å²) in [5.74, 6) is -0.178. The lowest BCUT2D eigenvalue weighted by molar-refractivity contribution is -0.206. The summed E-state index contributed by atoms with van der Waals surface area (Å²) in [4.78, 5) is 16.7. The van der Waals surface area contributed by atoms with Gasteiger partial charge in [0.2, 0.25) is 5.91 Å². The van der Waals surface area contributed by atoms with E-state index in [1.165, 1.54) is 18.4 Å². The topological polar surface area (TPSA) is 41.5 Å². The zero-order chi connectivity index (χ0) is 19.4. The Bertz CT molecular complexity index is 834. The van der Waals surface area contributed by atoms with Gasteiger partial charge in [0.05, 0.1) is 5.71 Å². The third-order valence-corrected chi connectivity index (χ3v) is 6.03. The van der Waals surface area contributed by atoms with Crippen molar-refractivity contribution in [3.8, 4) is 0 Å². The second kappa shape index (κ2) is 6.21. The summed E-state index contributed by atoms with van der Waals surface area (Å²) in [7, 11) is 0. The molecule has 27 heavy (non-hydrogen) atoms. The van der Waals surface area contributed by atoms with Crippen molar-refractivity contribution in [2.45, 2.75) is 51.6 Å². The number of allylic oxidation sites excluding steroid dienone is 2. The molecule has 2 heterocycles. The number of nitrogens with one attached hydrogen (secondary N) is 1. The summed E-state index contributed by atoms with van der Waals surface area (Å²) in [5, 5.41) is 2.73. The van der Waals surface area contributed by atoms with Crippen molar-refractivity contribution in [3.05, 3.63) is 46.7 Å². The summed E-state index contributed by atoms with van der Waals surface area (Å²) >= 11 is 0. The molecule has 3 aliphatic rings. The molecule has 0 spiro atoms. The number of benzene rings is 1. The second-order valence-corrected chi connectivity index (χ2v) is 8.16. The summed E-state index contributed by atoms with van der Waals surface area (Å²) in [6, 6.07) is 7.74. The van der Waals surface area contributed by atoms with Gasteiger partial charge in [0.15, 0.2) is 0 Å². The fourth-order valence-electron chi connectivity index (χ4n) is 4.12. The molecule has 2 atom stereocenters.